The summed E-state index contributed by atoms with van der Waals surface area (Å²) >= 11 is 0. The van der Waals surface area contributed by atoms with E-state index < -0.39 is 17.4 Å². The number of ether oxygens (including phenoxy) is 2. The molecule has 0 N–H and O–H groups in total. The molecule has 0 aliphatic rings. The van der Waals surface area contributed by atoms with E-state index in [1.807, 2.05) is 32.9 Å². The van der Waals surface area contributed by atoms with Gasteiger partial charge in [-0.2, -0.15) is 0 Å². The number of hydrogen-bond acceptors (Lipinski definition) is 4. The first-order valence-corrected chi connectivity index (χ1v) is 6.96. The SMILES string of the molecule is C/C=C/CC(C(=O)OCC)(C(=O)OCC)C(C)CC. The predicted octanol–water partition coefficient (Wildman–Crippen LogP) is 3.11. The van der Waals surface area contributed by atoms with Crippen LogP contribution in [0.4, 0.5) is 0 Å². The number of carbonyl (C=O) groups excluding carboxylic acids is 2. The van der Waals surface area contributed by atoms with Gasteiger partial charge in [0.15, 0.2) is 5.41 Å². The lowest BCUT2D eigenvalue weighted by Crippen LogP contribution is -2.46. The Kier molecular flexibility index (Phi) is 8.12. The van der Waals surface area contributed by atoms with E-state index in [1.54, 1.807) is 13.8 Å². The van der Waals surface area contributed by atoms with E-state index in [9.17, 15) is 9.59 Å². The van der Waals surface area contributed by atoms with Crippen molar-refractivity contribution in [2.45, 2.75) is 47.5 Å². The van der Waals surface area contributed by atoms with Gasteiger partial charge in [0, 0.05) is 0 Å². The molecule has 0 aromatic heterocycles. The second-order valence-electron chi connectivity index (χ2n) is 4.49. The standard InChI is InChI=1S/C15H26O4/c1-6-10-11-15(12(5)7-2,13(16)18-8-3)14(17)19-9-4/h6,10,12H,7-9,11H2,1-5H3/b10-6+. The Morgan fingerprint density at radius 1 is 1.11 bits per heavy atom. The minimum absolute atomic E-state index is 0.137. The number of hydrogen-bond donors (Lipinski definition) is 0. The number of carbonyl (C=O) groups is 2. The normalized spacial score (nSPS) is 13.3. The largest absolute Gasteiger partial charge is 0.465 e. The fourth-order valence-corrected chi connectivity index (χ4v) is 2.03. The molecule has 0 heterocycles. The van der Waals surface area contributed by atoms with Gasteiger partial charge < -0.3 is 9.47 Å². The van der Waals surface area contributed by atoms with E-state index in [0.29, 0.717) is 12.8 Å². The molecule has 19 heavy (non-hydrogen) atoms. The van der Waals surface area contributed by atoms with Gasteiger partial charge in [-0.25, -0.2) is 0 Å². The summed E-state index contributed by atoms with van der Waals surface area (Å²) in [5, 5.41) is 0. The zero-order chi connectivity index (χ0) is 14.9. The van der Waals surface area contributed by atoms with Gasteiger partial charge in [0.05, 0.1) is 13.2 Å². The summed E-state index contributed by atoms with van der Waals surface area (Å²) < 4.78 is 10.2. The summed E-state index contributed by atoms with van der Waals surface area (Å²) in [5.41, 5.74) is -1.23. The van der Waals surface area contributed by atoms with E-state index in [4.69, 9.17) is 9.47 Å². The summed E-state index contributed by atoms with van der Waals surface area (Å²) in [5.74, 6) is -1.11. The molecule has 4 heteroatoms. The molecule has 0 aliphatic heterocycles. The van der Waals surface area contributed by atoms with Crippen molar-refractivity contribution in [1.82, 2.24) is 0 Å². The van der Waals surface area contributed by atoms with Gasteiger partial charge in [-0.3, -0.25) is 9.59 Å². The second kappa shape index (κ2) is 8.73. The summed E-state index contributed by atoms with van der Waals surface area (Å²) in [6.45, 7) is 9.68. The van der Waals surface area contributed by atoms with E-state index in [-0.39, 0.29) is 19.1 Å². The Balaban J connectivity index is 5.55. The van der Waals surface area contributed by atoms with Gasteiger partial charge in [-0.05, 0) is 33.1 Å². The molecule has 0 spiro atoms. The van der Waals surface area contributed by atoms with E-state index >= 15 is 0 Å². The molecule has 0 bridgehead atoms. The molecule has 1 unspecified atom stereocenters. The van der Waals surface area contributed by atoms with Crippen LogP contribution >= 0.6 is 0 Å². The third-order valence-corrected chi connectivity index (χ3v) is 3.41. The quantitative estimate of drug-likeness (QED) is 0.386. The van der Waals surface area contributed by atoms with Crippen LogP contribution in [0.3, 0.4) is 0 Å². The predicted molar refractivity (Wildman–Crippen MR) is 74.6 cm³/mol. The molecule has 0 saturated heterocycles. The average Bonchev–Trinajstić information content (AvgIpc) is 2.39. The van der Waals surface area contributed by atoms with Crippen LogP contribution in [0.2, 0.25) is 0 Å². The highest BCUT2D eigenvalue weighted by molar-refractivity contribution is 6.00. The topological polar surface area (TPSA) is 52.6 Å². The van der Waals surface area contributed by atoms with Gasteiger partial charge in [0.1, 0.15) is 0 Å². The smallest absolute Gasteiger partial charge is 0.324 e. The zero-order valence-corrected chi connectivity index (χ0v) is 12.7. The fourth-order valence-electron chi connectivity index (χ4n) is 2.03. The average molecular weight is 270 g/mol. The van der Waals surface area contributed by atoms with Crippen molar-refractivity contribution < 1.29 is 19.1 Å². The van der Waals surface area contributed by atoms with E-state index in [2.05, 4.69) is 0 Å². The minimum Gasteiger partial charge on any atom is -0.465 e. The fraction of sp³-hybridized carbons (Fsp3) is 0.733. The highest BCUT2D eigenvalue weighted by atomic mass is 16.6. The molecule has 0 aliphatic carbocycles. The van der Waals surface area contributed by atoms with Crippen molar-refractivity contribution >= 4 is 11.9 Å². The summed E-state index contributed by atoms with van der Waals surface area (Å²) in [7, 11) is 0. The van der Waals surface area contributed by atoms with Gasteiger partial charge in [0.2, 0.25) is 0 Å². The number of rotatable bonds is 8. The van der Waals surface area contributed by atoms with Crippen molar-refractivity contribution in [3.05, 3.63) is 12.2 Å². The lowest BCUT2D eigenvalue weighted by molar-refractivity contribution is -0.176. The Morgan fingerprint density at radius 2 is 1.58 bits per heavy atom. The maximum absolute atomic E-state index is 12.3. The van der Waals surface area contributed by atoms with Crippen LogP contribution in [0.15, 0.2) is 12.2 Å². The first-order valence-electron chi connectivity index (χ1n) is 6.96. The molecule has 0 radical (unpaired) electrons. The molecule has 0 aromatic carbocycles. The van der Waals surface area contributed by atoms with Crippen molar-refractivity contribution in [1.29, 1.82) is 0 Å². The molecular formula is C15H26O4. The van der Waals surface area contributed by atoms with Crippen LogP contribution in [0.1, 0.15) is 47.5 Å². The Hall–Kier alpha value is -1.32. The van der Waals surface area contributed by atoms with Gasteiger partial charge >= 0.3 is 11.9 Å². The number of esters is 2. The van der Waals surface area contributed by atoms with Gasteiger partial charge in [-0.15, -0.1) is 0 Å². The van der Waals surface area contributed by atoms with E-state index in [1.165, 1.54) is 0 Å². The van der Waals surface area contributed by atoms with Crippen LogP contribution < -0.4 is 0 Å². The molecule has 0 aromatic rings. The number of allylic oxidation sites excluding steroid dienone is 2. The maximum Gasteiger partial charge on any atom is 0.324 e. The Morgan fingerprint density at radius 3 is 1.89 bits per heavy atom. The van der Waals surface area contributed by atoms with Crippen molar-refractivity contribution in [3.63, 3.8) is 0 Å². The molecule has 1 atom stereocenters. The highest BCUT2D eigenvalue weighted by Gasteiger charge is 2.51. The third kappa shape index (κ3) is 4.08. The second-order valence-corrected chi connectivity index (χ2v) is 4.49. The summed E-state index contributed by atoms with van der Waals surface area (Å²) in [4.78, 5) is 24.7. The maximum atomic E-state index is 12.3. The van der Waals surface area contributed by atoms with Crippen LogP contribution in [0.5, 0.6) is 0 Å². The summed E-state index contributed by atoms with van der Waals surface area (Å²) in [6, 6.07) is 0. The minimum atomic E-state index is -1.23. The van der Waals surface area contributed by atoms with Gasteiger partial charge in [-0.1, -0.05) is 32.4 Å². The monoisotopic (exact) mass is 270 g/mol. The first-order chi connectivity index (χ1) is 9.00. The molecule has 0 saturated carbocycles. The molecule has 0 fully saturated rings. The Bertz CT molecular complexity index is 302. The Labute approximate surface area is 116 Å². The van der Waals surface area contributed by atoms with Crippen molar-refractivity contribution in [2.75, 3.05) is 13.2 Å². The lowest BCUT2D eigenvalue weighted by atomic mass is 9.72. The highest BCUT2D eigenvalue weighted by Crippen LogP contribution is 2.37. The lowest BCUT2D eigenvalue weighted by Gasteiger charge is -2.33. The third-order valence-electron chi connectivity index (χ3n) is 3.41. The molecule has 0 amide bonds. The molecule has 4 nitrogen and oxygen atoms in total. The first kappa shape index (κ1) is 17.7. The molecular weight excluding hydrogens is 244 g/mol. The van der Waals surface area contributed by atoms with Crippen molar-refractivity contribution in [3.8, 4) is 0 Å². The zero-order valence-electron chi connectivity index (χ0n) is 12.7. The van der Waals surface area contributed by atoms with Crippen LogP contribution in [-0.4, -0.2) is 25.2 Å². The van der Waals surface area contributed by atoms with Crippen LogP contribution in [0.25, 0.3) is 0 Å². The molecule has 110 valence electrons. The van der Waals surface area contributed by atoms with Gasteiger partial charge in [0.25, 0.3) is 0 Å². The summed E-state index contributed by atoms with van der Waals surface area (Å²) in [6.07, 6.45) is 4.67. The van der Waals surface area contributed by atoms with Crippen molar-refractivity contribution in [2.24, 2.45) is 11.3 Å². The van der Waals surface area contributed by atoms with Crippen LogP contribution in [-0.2, 0) is 19.1 Å². The molecule has 0 rings (SSSR count). The van der Waals surface area contributed by atoms with Crippen LogP contribution in [0, 0.1) is 11.3 Å². The van der Waals surface area contributed by atoms with E-state index in [0.717, 1.165) is 0 Å².